The first-order chi connectivity index (χ1) is 11.4. The van der Waals surface area contributed by atoms with E-state index in [0.717, 1.165) is 34.8 Å². The average molecular weight is 356 g/mol. The van der Waals surface area contributed by atoms with Crippen LogP contribution in [0.25, 0.3) is 0 Å². The fourth-order valence-electron chi connectivity index (χ4n) is 5.01. The minimum absolute atomic E-state index is 0.176. The second-order valence-electron chi connectivity index (χ2n) is 7.87. The molecule has 2 saturated carbocycles. The predicted molar refractivity (Wildman–Crippen MR) is 104 cm³/mol. The van der Waals surface area contributed by atoms with Gasteiger partial charge >= 0.3 is 10.0 Å². The van der Waals surface area contributed by atoms with Crippen molar-refractivity contribution in [2.75, 3.05) is 6.61 Å². The summed E-state index contributed by atoms with van der Waals surface area (Å²) >= 11 is 0. The molecule has 0 unspecified atom stereocenters. The van der Waals surface area contributed by atoms with Crippen molar-refractivity contribution < 1.29 is 8.54 Å². The van der Waals surface area contributed by atoms with E-state index in [1.54, 1.807) is 0 Å². The Kier molecular flexibility index (Phi) is 10.8. The molecule has 0 bridgehead atoms. The Morgan fingerprint density at radius 1 is 0.739 bits per heavy atom. The summed E-state index contributed by atoms with van der Waals surface area (Å²) in [6, 6.07) is 0. The third-order valence-corrected chi connectivity index (χ3v) is 7.39. The lowest BCUT2D eigenvalue weighted by molar-refractivity contribution is 0.127. The van der Waals surface area contributed by atoms with Crippen LogP contribution in [0.5, 0.6) is 0 Å². The third-order valence-electron chi connectivity index (χ3n) is 6.24. The van der Waals surface area contributed by atoms with Gasteiger partial charge in [0.15, 0.2) is 0 Å². The third kappa shape index (κ3) is 7.85. The summed E-state index contributed by atoms with van der Waals surface area (Å²) in [7, 11) is 0.652. The largest absolute Gasteiger partial charge is 0.446 e. The molecular formula is C19H39O2Si2. The standard InChI is InChI=1S/C19H39O2Si2/c22-21-23-20-16-15-19(17-11-7-3-1-4-8-12-17)18-13-9-5-2-6-10-14-18/h17-19,23H,1-16H2,22H3. The molecule has 0 aliphatic heterocycles. The highest BCUT2D eigenvalue weighted by molar-refractivity contribution is 6.27. The normalized spacial score (nSPS) is 23.3. The Labute approximate surface area is 150 Å². The van der Waals surface area contributed by atoms with Crippen LogP contribution in [-0.4, -0.2) is 27.1 Å². The first-order valence-electron chi connectivity index (χ1n) is 10.4. The quantitative estimate of drug-likeness (QED) is 0.501. The van der Waals surface area contributed by atoms with Crippen molar-refractivity contribution in [3.8, 4) is 0 Å². The zero-order valence-electron chi connectivity index (χ0n) is 15.4. The Hall–Kier alpha value is 0.354. The van der Waals surface area contributed by atoms with E-state index in [1.807, 2.05) is 0 Å². The van der Waals surface area contributed by atoms with Gasteiger partial charge < -0.3 is 8.54 Å². The van der Waals surface area contributed by atoms with Crippen molar-refractivity contribution in [2.24, 2.45) is 17.8 Å². The molecule has 135 valence electrons. The number of rotatable bonds is 7. The molecule has 23 heavy (non-hydrogen) atoms. The molecular weight excluding hydrogens is 316 g/mol. The molecule has 0 atom stereocenters. The van der Waals surface area contributed by atoms with E-state index in [0.29, 0.717) is 0 Å². The van der Waals surface area contributed by atoms with Crippen LogP contribution in [0.4, 0.5) is 0 Å². The van der Waals surface area contributed by atoms with E-state index in [4.69, 9.17) is 8.54 Å². The Balaban J connectivity index is 1.92. The summed E-state index contributed by atoms with van der Waals surface area (Å²) in [5, 5.41) is 0. The zero-order chi connectivity index (χ0) is 16.2. The Morgan fingerprint density at radius 3 is 1.61 bits per heavy atom. The summed E-state index contributed by atoms with van der Waals surface area (Å²) in [5.41, 5.74) is 0. The summed E-state index contributed by atoms with van der Waals surface area (Å²) in [4.78, 5) is 0. The van der Waals surface area contributed by atoms with Crippen LogP contribution >= 0.6 is 0 Å². The molecule has 1 radical (unpaired) electrons. The van der Waals surface area contributed by atoms with E-state index < -0.39 is 0 Å². The van der Waals surface area contributed by atoms with Gasteiger partial charge in [-0.2, -0.15) is 0 Å². The van der Waals surface area contributed by atoms with Crippen LogP contribution in [0.3, 0.4) is 0 Å². The number of hydrogen-bond acceptors (Lipinski definition) is 2. The average Bonchev–Trinajstić information content (AvgIpc) is 2.49. The minimum Gasteiger partial charge on any atom is -0.446 e. The van der Waals surface area contributed by atoms with Crippen molar-refractivity contribution in [1.82, 2.24) is 0 Å². The van der Waals surface area contributed by atoms with Gasteiger partial charge in [-0.05, 0) is 24.2 Å². The fourth-order valence-corrected chi connectivity index (χ4v) is 5.78. The molecule has 2 rings (SSSR count). The maximum absolute atomic E-state index is 5.80. The molecule has 2 nitrogen and oxygen atoms in total. The zero-order valence-corrected chi connectivity index (χ0v) is 18.6. The molecule has 0 heterocycles. The lowest BCUT2D eigenvalue weighted by Crippen LogP contribution is -2.27. The Morgan fingerprint density at radius 2 is 1.17 bits per heavy atom. The van der Waals surface area contributed by atoms with E-state index in [9.17, 15) is 0 Å². The van der Waals surface area contributed by atoms with Gasteiger partial charge in [0.2, 0.25) is 0 Å². The summed E-state index contributed by atoms with van der Waals surface area (Å²) in [6.07, 6.45) is 22.0. The van der Waals surface area contributed by atoms with Gasteiger partial charge in [-0.25, -0.2) is 0 Å². The predicted octanol–water partition coefficient (Wildman–Crippen LogP) is 4.29. The van der Waals surface area contributed by atoms with E-state index in [-0.39, 0.29) is 10.0 Å². The molecule has 2 aliphatic rings. The van der Waals surface area contributed by atoms with Crippen molar-refractivity contribution in [3.05, 3.63) is 0 Å². The summed E-state index contributed by atoms with van der Waals surface area (Å²) in [5.74, 6) is 2.89. The van der Waals surface area contributed by atoms with Crippen molar-refractivity contribution in [3.63, 3.8) is 0 Å². The highest BCUT2D eigenvalue weighted by Crippen LogP contribution is 2.39. The Bertz CT molecular complexity index is 251. The van der Waals surface area contributed by atoms with E-state index in [2.05, 4.69) is 0 Å². The second-order valence-corrected chi connectivity index (χ2v) is 10.3. The lowest BCUT2D eigenvalue weighted by Gasteiger charge is -2.36. The van der Waals surface area contributed by atoms with Crippen molar-refractivity contribution in [1.29, 1.82) is 0 Å². The molecule has 2 aliphatic carbocycles. The highest BCUT2D eigenvalue weighted by Gasteiger charge is 2.29. The van der Waals surface area contributed by atoms with Gasteiger partial charge in [0.05, 0.1) is 0 Å². The van der Waals surface area contributed by atoms with E-state index >= 15 is 0 Å². The molecule has 4 heteroatoms. The SMILES string of the molecule is [SiH3]O[SiH]OCCC(C1CCCCCCC1)C1CCCCCCC1. The van der Waals surface area contributed by atoms with Gasteiger partial charge in [0.1, 0.15) is 10.5 Å². The molecule has 0 aromatic rings. The van der Waals surface area contributed by atoms with Crippen molar-refractivity contribution >= 4 is 20.5 Å². The van der Waals surface area contributed by atoms with Gasteiger partial charge in [-0.1, -0.05) is 89.9 Å². The molecule has 2 fully saturated rings. The van der Waals surface area contributed by atoms with Crippen LogP contribution < -0.4 is 0 Å². The monoisotopic (exact) mass is 355 g/mol. The van der Waals surface area contributed by atoms with Crippen LogP contribution in [0, 0.1) is 17.8 Å². The fraction of sp³-hybridized carbons (Fsp3) is 1.00. The molecule has 0 amide bonds. The first kappa shape index (κ1) is 19.7. The van der Waals surface area contributed by atoms with Gasteiger partial charge in [-0.15, -0.1) is 0 Å². The van der Waals surface area contributed by atoms with Gasteiger partial charge in [0.25, 0.3) is 0 Å². The molecule has 0 N–H and O–H groups in total. The maximum Gasteiger partial charge on any atom is 0.353 e. The topological polar surface area (TPSA) is 18.5 Å². The lowest BCUT2D eigenvalue weighted by atomic mass is 9.70. The van der Waals surface area contributed by atoms with Crippen LogP contribution in [0.15, 0.2) is 0 Å². The molecule has 0 aromatic carbocycles. The van der Waals surface area contributed by atoms with Crippen LogP contribution in [0.1, 0.15) is 96.3 Å². The summed E-state index contributed by atoms with van der Waals surface area (Å²) in [6.45, 7) is 0.954. The minimum atomic E-state index is -0.176. The summed E-state index contributed by atoms with van der Waals surface area (Å²) < 4.78 is 11.1. The van der Waals surface area contributed by atoms with Gasteiger partial charge in [0, 0.05) is 6.61 Å². The first-order valence-corrected chi connectivity index (χ1v) is 12.1. The molecule has 0 saturated heterocycles. The van der Waals surface area contributed by atoms with Crippen LogP contribution in [-0.2, 0) is 8.54 Å². The molecule has 0 spiro atoms. The maximum atomic E-state index is 5.80. The van der Waals surface area contributed by atoms with Crippen molar-refractivity contribution in [2.45, 2.75) is 96.3 Å². The second kappa shape index (κ2) is 12.7. The smallest absolute Gasteiger partial charge is 0.353 e. The van der Waals surface area contributed by atoms with Gasteiger partial charge in [-0.3, -0.25) is 0 Å². The van der Waals surface area contributed by atoms with E-state index in [1.165, 1.54) is 96.3 Å². The molecule has 0 aromatic heterocycles. The highest BCUT2D eigenvalue weighted by atomic mass is 28.3. The number of hydrogen-bond donors (Lipinski definition) is 0. The van der Waals surface area contributed by atoms with Crippen LogP contribution in [0.2, 0.25) is 0 Å².